The first-order valence-corrected chi connectivity index (χ1v) is 4.30. The van der Waals surface area contributed by atoms with Crippen LogP contribution < -0.4 is 0 Å². The second kappa shape index (κ2) is 4.07. The largest absolute Gasteiger partial charge is 0.309 e. The molecule has 8 heteroatoms. The molecule has 0 aliphatic rings. The average molecular weight is 318 g/mol. The normalized spacial score (nSPS) is 10.6. The summed E-state index contributed by atoms with van der Waals surface area (Å²) < 4.78 is 37.2. The summed E-state index contributed by atoms with van der Waals surface area (Å²) in [6.45, 7) is 0. The van der Waals surface area contributed by atoms with Gasteiger partial charge in [-0.1, -0.05) is 0 Å². The molecule has 0 aliphatic carbocycles. The number of hydrogen-bond acceptors (Lipinski definition) is 3. The van der Waals surface area contributed by atoms with Gasteiger partial charge in [0.2, 0.25) is 5.82 Å². The molecule has 1 rings (SSSR count). The fraction of sp³-hybridized carbons (Fsp3) is 0.167. The van der Waals surface area contributed by atoms with Crippen LogP contribution in [0, 0.1) is 19.6 Å². The third kappa shape index (κ3) is 2.11. The molecular weight excluding hydrogens is 316 g/mol. The van der Waals surface area contributed by atoms with Crippen LogP contribution in [0.15, 0.2) is 6.07 Å². The minimum absolute atomic E-state index is 0.0500. The first-order valence-electron chi connectivity index (χ1n) is 3.22. The van der Waals surface area contributed by atoms with E-state index in [9.17, 15) is 23.3 Å². The summed E-state index contributed by atoms with van der Waals surface area (Å²) >= 11 is 1.50. The third-order valence-corrected chi connectivity index (χ3v) is 1.89. The lowest BCUT2D eigenvalue weighted by molar-refractivity contribution is -0.387. The van der Waals surface area contributed by atoms with Crippen molar-refractivity contribution in [2.24, 2.45) is 0 Å². The Kier molecular flexibility index (Phi) is 3.24. The molecule has 4 nitrogen and oxygen atoms in total. The second-order valence-corrected chi connectivity index (χ2v) is 3.33. The van der Waals surface area contributed by atoms with Crippen molar-refractivity contribution in [1.29, 1.82) is 0 Å². The summed E-state index contributed by atoms with van der Waals surface area (Å²) in [6, 6.07) is 0.793. The molecule has 0 fully saturated rings. The zero-order valence-electron chi connectivity index (χ0n) is 6.38. The topological polar surface area (TPSA) is 56.0 Å². The molecule has 0 saturated heterocycles. The van der Waals surface area contributed by atoms with Gasteiger partial charge in [-0.25, -0.2) is 13.8 Å². The van der Waals surface area contributed by atoms with Crippen LogP contribution in [-0.2, 0) is 0 Å². The Morgan fingerprint density at radius 2 is 2.14 bits per heavy atom. The minimum Gasteiger partial charge on any atom is -0.258 e. The Balaban J connectivity index is 3.40. The zero-order chi connectivity index (χ0) is 10.9. The molecule has 0 N–H and O–H groups in total. The predicted molar refractivity (Wildman–Crippen MR) is 48.5 cm³/mol. The Morgan fingerprint density at radius 1 is 1.57 bits per heavy atom. The highest BCUT2D eigenvalue weighted by atomic mass is 127. The smallest absolute Gasteiger partial charge is 0.258 e. The van der Waals surface area contributed by atoms with Crippen LogP contribution in [0.1, 0.15) is 12.1 Å². The molecule has 1 heterocycles. The lowest BCUT2D eigenvalue weighted by atomic mass is 10.3. The number of nitrogens with zero attached hydrogens (tertiary/aromatic N) is 2. The second-order valence-electron chi connectivity index (χ2n) is 2.22. The Hall–Kier alpha value is -0.930. The number of halogens is 4. The minimum atomic E-state index is -3.16. The van der Waals surface area contributed by atoms with Gasteiger partial charge in [-0.15, -0.1) is 0 Å². The fourth-order valence-electron chi connectivity index (χ4n) is 0.781. The van der Waals surface area contributed by atoms with Gasteiger partial charge in [0.05, 0.1) is 11.0 Å². The van der Waals surface area contributed by atoms with Crippen molar-refractivity contribution in [2.75, 3.05) is 0 Å². The number of pyridine rings is 1. The summed E-state index contributed by atoms with van der Waals surface area (Å²) in [4.78, 5) is 12.3. The molecule has 0 aromatic carbocycles. The zero-order valence-corrected chi connectivity index (χ0v) is 8.53. The highest BCUT2D eigenvalue weighted by Crippen LogP contribution is 2.27. The molecule has 0 atom stereocenters. The van der Waals surface area contributed by atoms with Crippen LogP contribution in [0.4, 0.5) is 18.9 Å². The number of alkyl halides is 2. The van der Waals surface area contributed by atoms with Crippen molar-refractivity contribution >= 4 is 28.3 Å². The number of rotatable bonds is 2. The number of nitro groups is 1. The molecule has 1 aromatic rings. The van der Waals surface area contributed by atoms with Gasteiger partial charge in [0.15, 0.2) is 5.69 Å². The van der Waals surface area contributed by atoms with Crippen molar-refractivity contribution in [2.45, 2.75) is 6.43 Å². The van der Waals surface area contributed by atoms with Crippen LogP contribution in [-0.4, -0.2) is 9.91 Å². The van der Waals surface area contributed by atoms with E-state index < -0.39 is 28.5 Å². The first-order chi connectivity index (χ1) is 6.43. The van der Waals surface area contributed by atoms with Gasteiger partial charge in [-0.3, -0.25) is 10.1 Å². The maximum atomic E-state index is 13.0. The monoisotopic (exact) mass is 318 g/mol. The Morgan fingerprint density at radius 3 is 2.57 bits per heavy atom. The Bertz CT molecular complexity index is 386. The van der Waals surface area contributed by atoms with E-state index in [0.717, 1.165) is 6.07 Å². The van der Waals surface area contributed by atoms with Crippen LogP contribution in [0.3, 0.4) is 0 Å². The summed E-state index contributed by atoms with van der Waals surface area (Å²) in [5.41, 5.74) is -2.18. The van der Waals surface area contributed by atoms with E-state index in [0.29, 0.717) is 0 Å². The molecule has 1 aromatic heterocycles. The van der Waals surface area contributed by atoms with E-state index in [4.69, 9.17) is 0 Å². The highest BCUT2D eigenvalue weighted by molar-refractivity contribution is 14.1. The van der Waals surface area contributed by atoms with Crippen LogP contribution in [0.25, 0.3) is 0 Å². The molecule has 0 amide bonds. The van der Waals surface area contributed by atoms with E-state index in [2.05, 4.69) is 4.98 Å². The average Bonchev–Trinajstić information content (AvgIpc) is 2.07. The summed E-state index contributed by atoms with van der Waals surface area (Å²) in [5.74, 6) is -1.58. The van der Waals surface area contributed by atoms with Gasteiger partial charge in [-0.2, -0.15) is 4.39 Å². The summed E-state index contributed by atoms with van der Waals surface area (Å²) in [5, 5.41) is 10.2. The van der Waals surface area contributed by atoms with Gasteiger partial charge >= 0.3 is 5.69 Å². The van der Waals surface area contributed by atoms with E-state index >= 15 is 0 Å². The SMILES string of the molecule is O=[N+]([O-])c1cc(I)nc(C(F)F)c1F. The maximum Gasteiger partial charge on any atom is 0.309 e. The standard InChI is InChI=1S/C6H2F3IN2O2/c7-4-2(12(13)14)1-3(10)11-5(4)6(8)9/h1,6H. The lowest BCUT2D eigenvalue weighted by Gasteiger charge is -2.01. The molecular formula is C6H2F3IN2O2. The molecule has 0 bridgehead atoms. The van der Waals surface area contributed by atoms with Crippen molar-refractivity contribution in [3.05, 3.63) is 31.4 Å². The summed E-state index contributed by atoms with van der Waals surface area (Å²) in [7, 11) is 0. The fourth-order valence-corrected chi connectivity index (χ4v) is 1.34. The van der Waals surface area contributed by atoms with Gasteiger partial charge < -0.3 is 0 Å². The summed E-state index contributed by atoms with van der Waals surface area (Å²) in [6.07, 6.45) is -3.16. The van der Waals surface area contributed by atoms with Crippen molar-refractivity contribution in [1.82, 2.24) is 4.98 Å². The van der Waals surface area contributed by atoms with Crippen LogP contribution in [0.2, 0.25) is 0 Å². The molecule has 0 saturated carbocycles. The lowest BCUT2D eigenvalue weighted by Crippen LogP contribution is -2.02. The van der Waals surface area contributed by atoms with Gasteiger partial charge in [0.1, 0.15) is 3.70 Å². The van der Waals surface area contributed by atoms with Crippen molar-refractivity contribution in [3.63, 3.8) is 0 Å². The molecule has 0 radical (unpaired) electrons. The van der Waals surface area contributed by atoms with Gasteiger partial charge in [-0.05, 0) is 22.6 Å². The maximum absolute atomic E-state index is 13.0. The van der Waals surface area contributed by atoms with Crippen molar-refractivity contribution < 1.29 is 18.1 Å². The molecule has 14 heavy (non-hydrogen) atoms. The molecule has 0 aliphatic heterocycles. The van der Waals surface area contributed by atoms with E-state index in [1.54, 1.807) is 0 Å². The molecule has 0 spiro atoms. The van der Waals surface area contributed by atoms with Gasteiger partial charge in [0.25, 0.3) is 6.43 Å². The highest BCUT2D eigenvalue weighted by Gasteiger charge is 2.25. The molecule has 0 unspecified atom stereocenters. The number of hydrogen-bond donors (Lipinski definition) is 0. The van der Waals surface area contributed by atoms with E-state index in [1.165, 1.54) is 22.6 Å². The third-order valence-electron chi connectivity index (χ3n) is 1.34. The first kappa shape index (κ1) is 11.1. The van der Waals surface area contributed by atoms with Crippen LogP contribution >= 0.6 is 22.6 Å². The van der Waals surface area contributed by atoms with Gasteiger partial charge in [0, 0.05) is 0 Å². The Labute approximate surface area is 89.4 Å². The van der Waals surface area contributed by atoms with E-state index in [1.807, 2.05) is 0 Å². The molecule has 76 valence electrons. The predicted octanol–water partition coefficient (Wildman–Crippen LogP) is 2.67. The van der Waals surface area contributed by atoms with E-state index in [-0.39, 0.29) is 3.70 Å². The quantitative estimate of drug-likeness (QED) is 0.365. The van der Waals surface area contributed by atoms with Crippen LogP contribution in [0.5, 0.6) is 0 Å². The number of aromatic nitrogens is 1. The van der Waals surface area contributed by atoms with Crippen molar-refractivity contribution in [3.8, 4) is 0 Å².